The first-order valence-corrected chi connectivity index (χ1v) is 11.2. The maximum atomic E-state index is 13.2. The van der Waals surface area contributed by atoms with E-state index in [1.165, 1.54) is 11.3 Å². The Hall–Kier alpha value is -3.65. The predicted octanol–water partition coefficient (Wildman–Crippen LogP) is 4.37. The molecule has 7 nitrogen and oxygen atoms in total. The fourth-order valence-electron chi connectivity index (χ4n) is 4.19. The van der Waals surface area contributed by atoms with Gasteiger partial charge >= 0.3 is 0 Å². The number of methoxy groups -OCH3 is 1. The fraction of sp³-hybridized carbons (Fsp3) is 0.208. The van der Waals surface area contributed by atoms with Crippen molar-refractivity contribution in [1.82, 2.24) is 9.55 Å². The zero-order chi connectivity index (χ0) is 22.2. The molecule has 2 aromatic heterocycles. The quantitative estimate of drug-likeness (QED) is 0.475. The van der Waals surface area contributed by atoms with E-state index in [1.54, 1.807) is 25.4 Å². The number of aryl methyl sites for hydroxylation is 2. The largest absolute Gasteiger partial charge is 0.495 e. The van der Waals surface area contributed by atoms with E-state index >= 15 is 0 Å². The van der Waals surface area contributed by atoms with E-state index in [4.69, 9.17) is 4.74 Å². The molecule has 2 N–H and O–H groups in total. The van der Waals surface area contributed by atoms with Crippen molar-refractivity contribution in [1.29, 1.82) is 0 Å². The summed E-state index contributed by atoms with van der Waals surface area (Å²) in [7, 11) is 3.36. The summed E-state index contributed by atoms with van der Waals surface area (Å²) < 4.78 is 7.46. The molecule has 1 aliphatic rings. The molecule has 4 aromatic rings. The van der Waals surface area contributed by atoms with Crippen molar-refractivity contribution in [3.63, 3.8) is 0 Å². The number of hydrogen-bond donors (Lipinski definition) is 2. The van der Waals surface area contributed by atoms with Crippen LogP contribution in [0.1, 0.15) is 22.3 Å². The molecule has 0 spiro atoms. The topological polar surface area (TPSA) is 85.2 Å². The van der Waals surface area contributed by atoms with Crippen LogP contribution in [0.25, 0.3) is 22.2 Å². The van der Waals surface area contributed by atoms with Gasteiger partial charge in [-0.15, -0.1) is 11.3 Å². The maximum absolute atomic E-state index is 13.2. The van der Waals surface area contributed by atoms with Gasteiger partial charge in [-0.05, 0) is 42.7 Å². The van der Waals surface area contributed by atoms with Gasteiger partial charge in [0.25, 0.3) is 5.91 Å². The number of anilines is 2. The molecule has 8 heteroatoms. The van der Waals surface area contributed by atoms with Crippen molar-refractivity contribution in [2.24, 2.45) is 0 Å². The van der Waals surface area contributed by atoms with Crippen LogP contribution in [0, 0.1) is 0 Å². The van der Waals surface area contributed by atoms with Gasteiger partial charge in [-0.25, -0.2) is 4.98 Å². The van der Waals surface area contributed by atoms with Crippen molar-refractivity contribution < 1.29 is 9.53 Å². The lowest BCUT2D eigenvalue weighted by molar-refractivity contribution is 0.102. The van der Waals surface area contributed by atoms with E-state index in [0.29, 0.717) is 16.8 Å². The molecule has 0 radical (unpaired) electrons. The van der Waals surface area contributed by atoms with Gasteiger partial charge < -0.3 is 19.9 Å². The Morgan fingerprint density at radius 1 is 1.25 bits per heavy atom. The molecule has 0 fully saturated rings. The summed E-state index contributed by atoms with van der Waals surface area (Å²) >= 11 is 1.50. The van der Waals surface area contributed by atoms with Crippen LogP contribution in [-0.2, 0) is 13.0 Å². The SMILES string of the molecule is CNc1nc(-c2ccc(OC)c(NC(=O)c3cn4c5c(cccc5c3=O)CCC4)c2)cs1. The highest BCUT2D eigenvalue weighted by molar-refractivity contribution is 7.14. The molecule has 0 bridgehead atoms. The zero-order valence-electron chi connectivity index (χ0n) is 17.8. The van der Waals surface area contributed by atoms with E-state index in [-0.39, 0.29) is 11.0 Å². The second-order valence-corrected chi connectivity index (χ2v) is 8.50. The van der Waals surface area contributed by atoms with Gasteiger partial charge in [0.2, 0.25) is 5.43 Å². The zero-order valence-corrected chi connectivity index (χ0v) is 18.6. The number of carbonyl (C=O) groups is 1. The third-order valence-corrected chi connectivity index (χ3v) is 6.59. The number of rotatable bonds is 5. The molecule has 32 heavy (non-hydrogen) atoms. The number of pyridine rings is 1. The Morgan fingerprint density at radius 2 is 2.12 bits per heavy atom. The van der Waals surface area contributed by atoms with Gasteiger partial charge in [-0.2, -0.15) is 0 Å². The monoisotopic (exact) mass is 446 g/mol. The maximum Gasteiger partial charge on any atom is 0.261 e. The van der Waals surface area contributed by atoms with Gasteiger partial charge in [0.05, 0.1) is 24.0 Å². The van der Waals surface area contributed by atoms with Gasteiger partial charge in [-0.1, -0.05) is 12.1 Å². The Labute approximate surface area is 188 Å². The average molecular weight is 447 g/mol. The normalized spacial score (nSPS) is 12.6. The molecule has 1 amide bonds. The summed E-state index contributed by atoms with van der Waals surface area (Å²) in [6.07, 6.45) is 3.60. The number of benzene rings is 2. The van der Waals surface area contributed by atoms with Crippen molar-refractivity contribution >= 4 is 39.0 Å². The highest BCUT2D eigenvalue weighted by Crippen LogP contribution is 2.32. The highest BCUT2D eigenvalue weighted by Gasteiger charge is 2.20. The molecule has 162 valence electrons. The first kappa shape index (κ1) is 20.3. The second kappa shape index (κ2) is 8.12. The molecule has 2 aromatic carbocycles. The summed E-state index contributed by atoms with van der Waals surface area (Å²) in [6, 6.07) is 11.2. The third kappa shape index (κ3) is 3.42. The van der Waals surface area contributed by atoms with Crippen molar-refractivity contribution in [3.05, 3.63) is 69.3 Å². The van der Waals surface area contributed by atoms with Gasteiger partial charge in [-0.3, -0.25) is 9.59 Å². The molecule has 0 unspecified atom stereocenters. The van der Waals surface area contributed by atoms with Crippen LogP contribution in [-0.4, -0.2) is 29.6 Å². The average Bonchev–Trinajstić information content (AvgIpc) is 3.30. The summed E-state index contributed by atoms with van der Waals surface area (Å²) in [4.78, 5) is 30.9. The Balaban J connectivity index is 1.54. The summed E-state index contributed by atoms with van der Waals surface area (Å²) in [5.41, 5.74) is 4.07. The molecular formula is C24H22N4O3S. The summed E-state index contributed by atoms with van der Waals surface area (Å²) in [6.45, 7) is 0.782. The number of nitrogens with one attached hydrogen (secondary N) is 2. The lowest BCUT2D eigenvalue weighted by Crippen LogP contribution is -2.25. The van der Waals surface area contributed by atoms with Crippen LogP contribution in [0.5, 0.6) is 5.75 Å². The fourth-order valence-corrected chi connectivity index (χ4v) is 4.87. The summed E-state index contributed by atoms with van der Waals surface area (Å²) in [5, 5.41) is 9.23. The lowest BCUT2D eigenvalue weighted by Gasteiger charge is -2.20. The minimum atomic E-state index is -0.457. The third-order valence-electron chi connectivity index (χ3n) is 5.73. The Kier molecular flexibility index (Phi) is 5.14. The molecule has 1 aliphatic heterocycles. The first-order valence-electron chi connectivity index (χ1n) is 10.4. The predicted molar refractivity (Wildman–Crippen MR) is 128 cm³/mol. The van der Waals surface area contributed by atoms with Gasteiger partial charge in [0, 0.05) is 36.1 Å². The number of nitrogens with zero attached hydrogens (tertiary/aromatic N) is 2. The minimum absolute atomic E-state index is 0.120. The second-order valence-electron chi connectivity index (χ2n) is 7.64. The molecule has 0 saturated heterocycles. The number of carbonyl (C=O) groups excluding carboxylic acids is 1. The first-order chi connectivity index (χ1) is 15.6. The molecule has 0 saturated carbocycles. The van der Waals surface area contributed by atoms with Crippen LogP contribution in [0.15, 0.2) is 52.8 Å². The molecule has 5 rings (SSSR count). The minimum Gasteiger partial charge on any atom is -0.495 e. The number of ether oxygens (including phenoxy) is 1. The smallest absolute Gasteiger partial charge is 0.261 e. The van der Waals surface area contributed by atoms with Crippen LogP contribution < -0.4 is 20.8 Å². The molecule has 0 atom stereocenters. The number of thiazole rings is 1. The number of hydrogen-bond acceptors (Lipinski definition) is 6. The number of para-hydroxylation sites is 1. The van der Waals surface area contributed by atoms with E-state index in [0.717, 1.165) is 46.9 Å². The molecule has 0 aliphatic carbocycles. The lowest BCUT2D eigenvalue weighted by atomic mass is 9.99. The Bertz CT molecular complexity index is 1410. The van der Waals surface area contributed by atoms with E-state index in [2.05, 4.69) is 15.6 Å². The number of aromatic nitrogens is 2. The van der Waals surface area contributed by atoms with E-state index < -0.39 is 5.91 Å². The highest BCUT2D eigenvalue weighted by atomic mass is 32.1. The summed E-state index contributed by atoms with van der Waals surface area (Å²) in [5.74, 6) is 0.0527. The van der Waals surface area contributed by atoms with Crippen molar-refractivity contribution in [2.45, 2.75) is 19.4 Å². The van der Waals surface area contributed by atoms with Gasteiger partial charge in [0.15, 0.2) is 5.13 Å². The molecular weight excluding hydrogens is 424 g/mol. The van der Waals surface area contributed by atoms with E-state index in [1.807, 2.05) is 41.3 Å². The Morgan fingerprint density at radius 3 is 2.91 bits per heavy atom. The van der Waals surface area contributed by atoms with Crippen molar-refractivity contribution in [2.75, 3.05) is 24.8 Å². The van der Waals surface area contributed by atoms with Gasteiger partial charge in [0.1, 0.15) is 11.3 Å². The standard InChI is InChI=1S/C24H22N4O3S/c1-25-24-27-19(13-32-24)15-8-9-20(31-2)18(11-15)26-23(30)17-12-28-10-4-6-14-5-3-7-16(21(14)28)22(17)29/h3,5,7-9,11-13H,4,6,10H2,1-2H3,(H,25,27)(H,26,30). The van der Waals surface area contributed by atoms with Crippen LogP contribution in [0.3, 0.4) is 0 Å². The van der Waals surface area contributed by atoms with Crippen LogP contribution in [0.2, 0.25) is 0 Å². The number of amides is 1. The van der Waals surface area contributed by atoms with Crippen LogP contribution >= 0.6 is 11.3 Å². The van der Waals surface area contributed by atoms with Crippen molar-refractivity contribution in [3.8, 4) is 17.0 Å². The molecule has 3 heterocycles. The van der Waals surface area contributed by atoms with E-state index in [9.17, 15) is 9.59 Å². The van der Waals surface area contributed by atoms with Crippen LogP contribution in [0.4, 0.5) is 10.8 Å².